The Morgan fingerprint density at radius 2 is 1.90 bits per heavy atom. The van der Waals surface area contributed by atoms with Crippen molar-refractivity contribution in [2.24, 2.45) is 0 Å². The van der Waals surface area contributed by atoms with Crippen molar-refractivity contribution in [1.29, 1.82) is 0 Å². The number of carbonyl (C=O) groups is 1. The Morgan fingerprint density at radius 1 is 1.20 bits per heavy atom. The summed E-state index contributed by atoms with van der Waals surface area (Å²) in [5.41, 5.74) is 7.53. The van der Waals surface area contributed by atoms with Gasteiger partial charge < -0.3 is 11.1 Å². The van der Waals surface area contributed by atoms with Crippen LogP contribution in [-0.4, -0.2) is 10.9 Å². The van der Waals surface area contributed by atoms with Crippen molar-refractivity contribution in [3.05, 3.63) is 59.9 Å². The van der Waals surface area contributed by atoms with Gasteiger partial charge in [0.15, 0.2) is 0 Å². The van der Waals surface area contributed by atoms with Gasteiger partial charge in [-0.2, -0.15) is 0 Å². The summed E-state index contributed by atoms with van der Waals surface area (Å²) in [7, 11) is 0. The summed E-state index contributed by atoms with van der Waals surface area (Å²) in [5.74, 6) is -0.0591. The van der Waals surface area contributed by atoms with Gasteiger partial charge in [0.05, 0.1) is 23.8 Å². The zero-order chi connectivity index (χ0) is 14.6. The Hall–Kier alpha value is -2.36. The molecule has 0 aliphatic carbocycles. The topological polar surface area (TPSA) is 68.0 Å². The van der Waals surface area contributed by atoms with Gasteiger partial charge in [-0.15, -0.1) is 0 Å². The van der Waals surface area contributed by atoms with E-state index in [0.717, 1.165) is 5.56 Å². The monoisotopic (exact) mass is 269 g/mol. The van der Waals surface area contributed by atoms with Crippen LogP contribution < -0.4 is 11.1 Å². The summed E-state index contributed by atoms with van der Waals surface area (Å²) in [6.45, 7) is 3.97. The van der Waals surface area contributed by atoms with E-state index < -0.39 is 5.54 Å². The number of hydrogen-bond donors (Lipinski definition) is 2. The lowest BCUT2D eigenvalue weighted by Crippen LogP contribution is -2.41. The van der Waals surface area contributed by atoms with Crippen LogP contribution in [-0.2, 0) is 16.8 Å². The SMILES string of the molecule is CC(C)(NC(=O)Cc1ccc(N)cn1)c1ccccc1. The quantitative estimate of drug-likeness (QED) is 0.894. The molecule has 1 amide bonds. The summed E-state index contributed by atoms with van der Waals surface area (Å²) in [4.78, 5) is 16.2. The molecule has 1 aromatic heterocycles. The number of hydrogen-bond acceptors (Lipinski definition) is 3. The fourth-order valence-electron chi connectivity index (χ4n) is 2.02. The van der Waals surface area contributed by atoms with E-state index in [-0.39, 0.29) is 12.3 Å². The minimum absolute atomic E-state index is 0.0591. The maximum Gasteiger partial charge on any atom is 0.226 e. The molecule has 0 saturated heterocycles. The summed E-state index contributed by atoms with van der Waals surface area (Å²) in [6, 6.07) is 13.4. The van der Waals surface area contributed by atoms with E-state index in [1.807, 2.05) is 44.2 Å². The van der Waals surface area contributed by atoms with Crippen molar-refractivity contribution < 1.29 is 4.79 Å². The molecule has 0 saturated carbocycles. The van der Waals surface area contributed by atoms with Gasteiger partial charge in [-0.25, -0.2) is 0 Å². The first-order chi connectivity index (χ1) is 9.47. The van der Waals surface area contributed by atoms with Crippen LogP contribution in [0.3, 0.4) is 0 Å². The number of amides is 1. The van der Waals surface area contributed by atoms with Gasteiger partial charge in [0, 0.05) is 5.69 Å². The first-order valence-corrected chi connectivity index (χ1v) is 6.54. The van der Waals surface area contributed by atoms with Crippen molar-refractivity contribution in [2.75, 3.05) is 5.73 Å². The number of carbonyl (C=O) groups excluding carboxylic acids is 1. The van der Waals surface area contributed by atoms with Crippen molar-refractivity contribution in [3.8, 4) is 0 Å². The summed E-state index contributed by atoms with van der Waals surface area (Å²) in [6.07, 6.45) is 1.81. The smallest absolute Gasteiger partial charge is 0.226 e. The Kier molecular flexibility index (Phi) is 4.03. The fourth-order valence-corrected chi connectivity index (χ4v) is 2.02. The molecule has 104 valence electrons. The first-order valence-electron chi connectivity index (χ1n) is 6.54. The standard InChI is InChI=1S/C16H19N3O/c1-16(2,12-6-4-3-5-7-12)19-15(20)10-14-9-8-13(17)11-18-14/h3-9,11H,10,17H2,1-2H3,(H,19,20). The van der Waals surface area contributed by atoms with Crippen molar-refractivity contribution in [1.82, 2.24) is 10.3 Å². The average molecular weight is 269 g/mol. The summed E-state index contributed by atoms with van der Waals surface area (Å²) < 4.78 is 0. The number of nitrogens with zero attached hydrogens (tertiary/aromatic N) is 1. The molecule has 2 aromatic rings. The van der Waals surface area contributed by atoms with Crippen LogP contribution in [0.2, 0.25) is 0 Å². The predicted molar refractivity (Wildman–Crippen MR) is 80.0 cm³/mol. The lowest BCUT2D eigenvalue weighted by molar-refractivity contribution is -0.122. The Labute approximate surface area is 119 Å². The molecule has 1 heterocycles. The molecule has 0 fully saturated rings. The highest BCUT2D eigenvalue weighted by atomic mass is 16.1. The molecule has 0 aliphatic heterocycles. The highest BCUT2D eigenvalue weighted by Crippen LogP contribution is 2.19. The number of rotatable bonds is 4. The molecule has 0 unspecified atom stereocenters. The molecule has 4 nitrogen and oxygen atoms in total. The van der Waals surface area contributed by atoms with E-state index >= 15 is 0 Å². The normalized spacial score (nSPS) is 11.1. The molecular weight excluding hydrogens is 250 g/mol. The van der Waals surface area contributed by atoms with Crippen LogP contribution in [0.1, 0.15) is 25.1 Å². The number of anilines is 1. The van der Waals surface area contributed by atoms with E-state index in [1.54, 1.807) is 18.3 Å². The summed E-state index contributed by atoms with van der Waals surface area (Å²) >= 11 is 0. The van der Waals surface area contributed by atoms with Gasteiger partial charge in [0.2, 0.25) is 5.91 Å². The lowest BCUT2D eigenvalue weighted by Gasteiger charge is -2.27. The highest BCUT2D eigenvalue weighted by molar-refractivity contribution is 5.79. The Bertz CT molecular complexity index is 576. The molecule has 20 heavy (non-hydrogen) atoms. The Morgan fingerprint density at radius 3 is 2.50 bits per heavy atom. The number of aromatic nitrogens is 1. The molecule has 3 N–H and O–H groups in total. The van der Waals surface area contributed by atoms with E-state index in [0.29, 0.717) is 11.4 Å². The van der Waals surface area contributed by atoms with Gasteiger partial charge in [-0.05, 0) is 31.5 Å². The van der Waals surface area contributed by atoms with Crippen molar-refractivity contribution in [2.45, 2.75) is 25.8 Å². The van der Waals surface area contributed by atoms with E-state index in [9.17, 15) is 4.79 Å². The highest BCUT2D eigenvalue weighted by Gasteiger charge is 2.22. The van der Waals surface area contributed by atoms with Crippen LogP contribution in [0.4, 0.5) is 5.69 Å². The molecular formula is C16H19N3O. The predicted octanol–water partition coefficient (Wildman–Crippen LogP) is 2.26. The number of pyridine rings is 1. The second-order valence-corrected chi connectivity index (χ2v) is 5.30. The third-order valence-electron chi connectivity index (χ3n) is 3.14. The zero-order valence-electron chi connectivity index (χ0n) is 11.8. The van der Waals surface area contributed by atoms with Crippen molar-refractivity contribution >= 4 is 11.6 Å². The van der Waals surface area contributed by atoms with Gasteiger partial charge in [0.1, 0.15) is 0 Å². The molecule has 4 heteroatoms. The van der Waals surface area contributed by atoms with Crippen LogP contribution in [0.15, 0.2) is 48.7 Å². The zero-order valence-corrected chi connectivity index (χ0v) is 11.8. The van der Waals surface area contributed by atoms with E-state index in [2.05, 4.69) is 10.3 Å². The number of nitrogens with one attached hydrogen (secondary N) is 1. The van der Waals surface area contributed by atoms with Gasteiger partial charge in [-0.3, -0.25) is 9.78 Å². The molecule has 0 aliphatic rings. The first kappa shape index (κ1) is 14.1. The van der Waals surface area contributed by atoms with Crippen molar-refractivity contribution in [3.63, 3.8) is 0 Å². The maximum atomic E-state index is 12.1. The molecule has 1 aromatic carbocycles. The van der Waals surface area contributed by atoms with Gasteiger partial charge in [-0.1, -0.05) is 30.3 Å². The second kappa shape index (κ2) is 5.74. The van der Waals surface area contributed by atoms with Gasteiger partial charge in [0.25, 0.3) is 0 Å². The third-order valence-corrected chi connectivity index (χ3v) is 3.14. The molecule has 0 radical (unpaired) electrons. The van der Waals surface area contributed by atoms with Crippen LogP contribution >= 0.6 is 0 Å². The van der Waals surface area contributed by atoms with E-state index in [1.165, 1.54) is 0 Å². The van der Waals surface area contributed by atoms with Crippen LogP contribution in [0.25, 0.3) is 0 Å². The minimum atomic E-state index is -0.411. The fraction of sp³-hybridized carbons (Fsp3) is 0.250. The third kappa shape index (κ3) is 3.57. The largest absolute Gasteiger partial charge is 0.397 e. The minimum Gasteiger partial charge on any atom is -0.397 e. The Balaban J connectivity index is 2.02. The average Bonchev–Trinajstić information content (AvgIpc) is 2.42. The maximum absolute atomic E-state index is 12.1. The molecule has 0 bridgehead atoms. The molecule has 0 spiro atoms. The second-order valence-electron chi connectivity index (χ2n) is 5.30. The lowest BCUT2D eigenvalue weighted by atomic mass is 9.94. The number of nitrogen functional groups attached to an aromatic ring is 1. The molecule has 2 rings (SSSR count). The van der Waals surface area contributed by atoms with Crippen LogP contribution in [0, 0.1) is 0 Å². The number of nitrogens with two attached hydrogens (primary N) is 1. The van der Waals surface area contributed by atoms with Crippen LogP contribution in [0.5, 0.6) is 0 Å². The van der Waals surface area contributed by atoms with E-state index in [4.69, 9.17) is 5.73 Å². The van der Waals surface area contributed by atoms with Gasteiger partial charge >= 0.3 is 0 Å². The number of benzene rings is 1. The summed E-state index contributed by atoms with van der Waals surface area (Å²) in [5, 5.41) is 3.03. The molecule has 0 atom stereocenters.